The van der Waals surface area contributed by atoms with Gasteiger partial charge in [0.15, 0.2) is 9.84 Å². The van der Waals surface area contributed by atoms with Gasteiger partial charge in [-0.05, 0) is 49.0 Å². The number of esters is 3. The normalized spacial score (nSPS) is 30.1. The van der Waals surface area contributed by atoms with Gasteiger partial charge in [0.1, 0.15) is 23.6 Å². The lowest BCUT2D eigenvalue weighted by molar-refractivity contribution is -0.147. The van der Waals surface area contributed by atoms with Crippen LogP contribution in [0.2, 0.25) is 0 Å². The fraction of sp³-hybridized carbons (Fsp3) is 0.885. The van der Waals surface area contributed by atoms with E-state index in [1.165, 1.54) is 20.8 Å². The lowest BCUT2D eigenvalue weighted by atomic mass is 10.0. The highest BCUT2D eigenvalue weighted by Crippen LogP contribution is 2.34. The molecule has 0 radical (unpaired) electrons. The number of hydrogen-bond acceptors (Lipinski definition) is 10. The smallest absolute Gasteiger partial charge is 0.302 e. The molecule has 8 nitrogen and oxygen atoms in total. The average Bonchev–Trinajstić information content (AvgIpc) is 3.46. The van der Waals surface area contributed by atoms with E-state index < -0.39 is 27.2 Å². The molecular formula is C26H46O8S3. The molecule has 0 spiro atoms. The van der Waals surface area contributed by atoms with Crippen LogP contribution in [0.3, 0.4) is 0 Å². The van der Waals surface area contributed by atoms with Crippen LogP contribution in [0.15, 0.2) is 0 Å². The Morgan fingerprint density at radius 2 is 1.24 bits per heavy atom. The molecule has 0 unspecified atom stereocenters. The van der Waals surface area contributed by atoms with Gasteiger partial charge in [-0.3, -0.25) is 14.4 Å². The average molecular weight is 583 g/mol. The Balaban J connectivity index is 0.000000280. The number of carbonyl (C=O) groups excluding carboxylic acids is 3. The van der Waals surface area contributed by atoms with E-state index in [1.807, 2.05) is 37.4 Å². The first kappa shape index (κ1) is 34.1. The predicted molar refractivity (Wildman–Crippen MR) is 151 cm³/mol. The number of hydrogen-bond donors (Lipinski definition) is 0. The van der Waals surface area contributed by atoms with Crippen molar-refractivity contribution in [3.8, 4) is 0 Å². The zero-order valence-corrected chi connectivity index (χ0v) is 26.0. The molecule has 3 aliphatic rings. The number of sulfone groups is 1. The largest absolute Gasteiger partial charge is 0.461 e. The van der Waals surface area contributed by atoms with Gasteiger partial charge >= 0.3 is 17.9 Å². The number of thioether (sulfide) groups is 2. The van der Waals surface area contributed by atoms with Crippen LogP contribution in [-0.2, 0) is 38.4 Å². The van der Waals surface area contributed by atoms with E-state index >= 15 is 0 Å². The van der Waals surface area contributed by atoms with Crippen LogP contribution in [0.1, 0.15) is 81.1 Å². The molecule has 0 aromatic heterocycles. The summed E-state index contributed by atoms with van der Waals surface area (Å²) in [5.74, 6) is 2.29. The Morgan fingerprint density at radius 3 is 1.73 bits per heavy atom. The van der Waals surface area contributed by atoms with Crippen molar-refractivity contribution < 1.29 is 37.0 Å². The highest BCUT2D eigenvalue weighted by atomic mass is 32.2. The van der Waals surface area contributed by atoms with Crippen LogP contribution in [-0.4, -0.2) is 77.6 Å². The molecule has 0 aliphatic carbocycles. The highest BCUT2D eigenvalue weighted by Gasteiger charge is 2.44. The Morgan fingerprint density at radius 1 is 0.757 bits per heavy atom. The molecule has 3 aliphatic heterocycles. The van der Waals surface area contributed by atoms with Gasteiger partial charge in [0.05, 0.1) is 5.75 Å². The van der Waals surface area contributed by atoms with Crippen molar-refractivity contribution in [2.45, 2.75) is 115 Å². The first-order valence-corrected chi connectivity index (χ1v) is 17.0. The number of ether oxygens (including phenoxy) is 3. The first-order valence-electron chi connectivity index (χ1n) is 13.2. The third-order valence-corrected chi connectivity index (χ3v) is 12.1. The summed E-state index contributed by atoms with van der Waals surface area (Å²) in [5, 5.41) is 0.527. The minimum absolute atomic E-state index is 0.00755. The van der Waals surface area contributed by atoms with Crippen LogP contribution in [0.25, 0.3) is 0 Å². The van der Waals surface area contributed by atoms with E-state index in [1.54, 1.807) is 0 Å². The van der Waals surface area contributed by atoms with Gasteiger partial charge in [0.25, 0.3) is 0 Å². The third kappa shape index (κ3) is 11.8. The van der Waals surface area contributed by atoms with Crippen LogP contribution in [0, 0.1) is 11.8 Å². The van der Waals surface area contributed by atoms with Crippen LogP contribution in [0.4, 0.5) is 0 Å². The van der Waals surface area contributed by atoms with E-state index in [2.05, 4.69) is 20.8 Å². The topological polar surface area (TPSA) is 113 Å². The molecule has 0 aromatic rings. The SMILES string of the molecule is CC(=O)O[C@H]1CCS(=O)(=O)[C@H]1C(C)C.CC(=O)O[C@H]1CCS[C@H]1C(C)C.CC[C@H]1SCC[C@H]1OC(C)=O. The van der Waals surface area contributed by atoms with Crippen molar-refractivity contribution >= 4 is 51.3 Å². The number of rotatable bonds is 6. The van der Waals surface area contributed by atoms with Gasteiger partial charge in [-0.2, -0.15) is 23.5 Å². The minimum atomic E-state index is -3.06. The van der Waals surface area contributed by atoms with Crippen molar-refractivity contribution in [3.63, 3.8) is 0 Å². The van der Waals surface area contributed by atoms with Crippen LogP contribution in [0.5, 0.6) is 0 Å². The highest BCUT2D eigenvalue weighted by molar-refractivity contribution is 8.00. The Bertz CT molecular complexity index is 843. The molecule has 3 rings (SSSR count). The Labute approximate surface area is 232 Å². The van der Waals surface area contributed by atoms with Crippen molar-refractivity contribution in [2.24, 2.45) is 11.8 Å². The van der Waals surface area contributed by atoms with E-state index in [0.29, 0.717) is 22.8 Å². The van der Waals surface area contributed by atoms with Crippen molar-refractivity contribution in [2.75, 3.05) is 17.3 Å². The van der Waals surface area contributed by atoms with Crippen molar-refractivity contribution in [3.05, 3.63) is 0 Å². The molecule has 216 valence electrons. The van der Waals surface area contributed by atoms with Crippen LogP contribution >= 0.6 is 23.5 Å². The summed E-state index contributed by atoms with van der Waals surface area (Å²) in [6.07, 6.45) is 3.48. The summed E-state index contributed by atoms with van der Waals surface area (Å²) >= 11 is 3.84. The van der Waals surface area contributed by atoms with Gasteiger partial charge in [-0.15, -0.1) is 0 Å². The monoisotopic (exact) mass is 582 g/mol. The molecule has 0 amide bonds. The van der Waals surface area contributed by atoms with E-state index in [4.69, 9.17) is 14.2 Å². The molecule has 6 atom stereocenters. The van der Waals surface area contributed by atoms with Crippen LogP contribution < -0.4 is 0 Å². The standard InChI is InChI=1S/C9H16O4S.C9H16O2S.C8H14O2S/c1-6(2)9-8(13-7(3)10)4-5-14(9,11)12;1-6(2)9-8(4-5-12-9)11-7(3)10;1-3-8-7(4-5-11-8)10-6(2)9/h6,8-9H,4-5H2,1-3H3;6,8-9H,4-5H2,1-3H3;7-8H,3-5H2,1-2H3/t2*8-,9-;7-,8-/m001/s1. The zero-order valence-electron chi connectivity index (χ0n) is 23.6. The van der Waals surface area contributed by atoms with Gasteiger partial charge in [-0.25, -0.2) is 8.42 Å². The maximum atomic E-state index is 11.6. The summed E-state index contributed by atoms with van der Waals surface area (Å²) in [4.78, 5) is 32.1. The fourth-order valence-electron chi connectivity index (χ4n) is 4.91. The lowest BCUT2D eigenvalue weighted by Crippen LogP contribution is -2.34. The van der Waals surface area contributed by atoms with E-state index in [-0.39, 0.29) is 35.8 Å². The molecule has 0 N–H and O–H groups in total. The molecule has 0 bridgehead atoms. The van der Waals surface area contributed by atoms with Crippen molar-refractivity contribution in [1.82, 2.24) is 0 Å². The van der Waals surface area contributed by atoms with Gasteiger partial charge < -0.3 is 14.2 Å². The summed E-state index contributed by atoms with van der Waals surface area (Å²) in [5.41, 5.74) is 0. The third-order valence-electron chi connectivity index (χ3n) is 6.36. The zero-order chi connectivity index (χ0) is 28.3. The van der Waals surface area contributed by atoms with Gasteiger partial charge in [0.2, 0.25) is 0 Å². The molecular weight excluding hydrogens is 536 g/mol. The maximum Gasteiger partial charge on any atom is 0.302 e. The Kier molecular flexibility index (Phi) is 15.0. The molecule has 37 heavy (non-hydrogen) atoms. The summed E-state index contributed by atoms with van der Waals surface area (Å²) in [7, 11) is -3.06. The molecule has 3 saturated heterocycles. The molecule has 0 aromatic carbocycles. The summed E-state index contributed by atoms with van der Waals surface area (Å²) in [6, 6.07) is 0. The Hall–Kier alpha value is -0.940. The first-order chi connectivity index (χ1) is 17.2. The summed E-state index contributed by atoms with van der Waals surface area (Å²) < 4.78 is 38.6. The number of carbonyl (C=O) groups is 3. The second-order valence-electron chi connectivity index (χ2n) is 10.3. The second-order valence-corrected chi connectivity index (χ2v) is 15.2. The van der Waals surface area contributed by atoms with Gasteiger partial charge in [-0.1, -0.05) is 34.6 Å². The molecule has 3 heterocycles. The molecule has 3 fully saturated rings. The minimum Gasteiger partial charge on any atom is -0.461 e. The van der Waals surface area contributed by atoms with Gasteiger partial charge in [0, 0.05) is 31.3 Å². The molecule has 11 heteroatoms. The predicted octanol–water partition coefficient (Wildman–Crippen LogP) is 4.67. The quantitative estimate of drug-likeness (QED) is 0.323. The molecule has 0 saturated carbocycles. The van der Waals surface area contributed by atoms with Crippen molar-refractivity contribution in [1.29, 1.82) is 0 Å². The van der Waals surface area contributed by atoms with E-state index in [9.17, 15) is 22.8 Å². The summed E-state index contributed by atoms with van der Waals surface area (Å²) in [6.45, 7) is 14.4. The fourth-order valence-corrected chi connectivity index (χ4v) is 9.97. The lowest BCUT2D eigenvalue weighted by Gasteiger charge is -2.21. The van der Waals surface area contributed by atoms with E-state index in [0.717, 1.165) is 30.8 Å². The second kappa shape index (κ2) is 16.2. The maximum absolute atomic E-state index is 11.6.